The van der Waals surface area contributed by atoms with Crippen molar-refractivity contribution in [2.24, 2.45) is 0 Å². The largest absolute Gasteiger partial charge is 0.379 e. The Morgan fingerprint density at radius 1 is 1.27 bits per heavy atom. The lowest BCUT2D eigenvalue weighted by Gasteiger charge is -2.26. The highest BCUT2D eigenvalue weighted by atomic mass is 32.2. The maximum atomic E-state index is 13.2. The predicted octanol–water partition coefficient (Wildman–Crippen LogP) is 2.03. The van der Waals surface area contributed by atoms with Crippen molar-refractivity contribution >= 4 is 39.1 Å². The molecule has 3 aromatic rings. The van der Waals surface area contributed by atoms with Gasteiger partial charge in [0.15, 0.2) is 5.16 Å². The van der Waals surface area contributed by atoms with Crippen LogP contribution >= 0.6 is 23.1 Å². The minimum atomic E-state index is 0.00757. The number of hydrogen-bond donors (Lipinski definition) is 0. The average Bonchev–Trinajstić information content (AvgIpc) is 3.18. The van der Waals surface area contributed by atoms with Gasteiger partial charge in [0.2, 0.25) is 5.78 Å². The summed E-state index contributed by atoms with van der Waals surface area (Å²) < 4.78 is 8.96. The molecule has 0 spiro atoms. The number of thioether (sulfide) groups is 1. The number of ether oxygens (including phenoxy) is 1. The Hall–Kier alpha value is -1.42. The fourth-order valence-corrected chi connectivity index (χ4v) is 5.14. The molecule has 26 heavy (non-hydrogen) atoms. The molecule has 0 saturated carbocycles. The van der Waals surface area contributed by atoms with E-state index in [1.165, 1.54) is 16.6 Å². The van der Waals surface area contributed by atoms with Crippen LogP contribution < -0.4 is 5.56 Å². The van der Waals surface area contributed by atoms with Gasteiger partial charge in [-0.1, -0.05) is 18.7 Å². The fourth-order valence-electron chi connectivity index (χ4n) is 3.51. The van der Waals surface area contributed by atoms with Crippen LogP contribution in [0, 0.1) is 6.92 Å². The van der Waals surface area contributed by atoms with Crippen molar-refractivity contribution in [3.8, 4) is 0 Å². The molecule has 0 unspecified atom stereocenters. The molecule has 3 aromatic heterocycles. The molecular formula is C17H23N5O2S2. The Bertz CT molecular complexity index is 1000. The molecule has 1 aliphatic rings. The smallest absolute Gasteiger partial charge is 0.270 e. The van der Waals surface area contributed by atoms with Crippen molar-refractivity contribution in [1.29, 1.82) is 0 Å². The van der Waals surface area contributed by atoms with Crippen molar-refractivity contribution in [3.05, 3.63) is 20.8 Å². The third-order valence-electron chi connectivity index (χ3n) is 4.91. The standard InChI is InChI=1S/C17H23N5O2S2/c1-4-12-11(2)26-14-13(12)15(23)22-16(18-14)21(19-17(22)25-3)6-5-20-7-9-24-10-8-20/h4-10H2,1-3H3. The van der Waals surface area contributed by atoms with Crippen LogP contribution in [0.5, 0.6) is 0 Å². The summed E-state index contributed by atoms with van der Waals surface area (Å²) >= 11 is 3.09. The maximum Gasteiger partial charge on any atom is 0.270 e. The Morgan fingerprint density at radius 3 is 2.73 bits per heavy atom. The lowest BCUT2D eigenvalue weighted by Crippen LogP contribution is -2.38. The van der Waals surface area contributed by atoms with E-state index in [4.69, 9.17) is 9.72 Å². The number of fused-ring (bicyclic) bond motifs is 2. The summed E-state index contributed by atoms with van der Waals surface area (Å²) in [6.07, 6.45) is 2.79. The topological polar surface area (TPSA) is 64.7 Å². The van der Waals surface area contributed by atoms with Gasteiger partial charge in [-0.3, -0.25) is 9.69 Å². The quantitative estimate of drug-likeness (QED) is 0.618. The third-order valence-corrected chi connectivity index (χ3v) is 6.58. The average molecular weight is 394 g/mol. The van der Waals surface area contributed by atoms with Crippen molar-refractivity contribution in [3.63, 3.8) is 0 Å². The molecule has 1 saturated heterocycles. The number of thiophene rings is 1. The van der Waals surface area contributed by atoms with Crippen LogP contribution in [0.2, 0.25) is 0 Å². The molecule has 0 aromatic carbocycles. The molecule has 0 radical (unpaired) electrons. The lowest BCUT2D eigenvalue weighted by atomic mass is 10.1. The van der Waals surface area contributed by atoms with Crippen LogP contribution in [0.3, 0.4) is 0 Å². The molecule has 0 aliphatic carbocycles. The minimum Gasteiger partial charge on any atom is -0.379 e. The number of aromatic nitrogens is 4. The second-order valence-corrected chi connectivity index (χ2v) is 8.36. The minimum absolute atomic E-state index is 0.00757. The Labute approximate surface area is 160 Å². The number of hydrogen-bond acceptors (Lipinski definition) is 7. The molecule has 1 aliphatic heterocycles. The molecule has 4 heterocycles. The van der Waals surface area contributed by atoms with Gasteiger partial charge < -0.3 is 4.74 Å². The van der Waals surface area contributed by atoms with Gasteiger partial charge in [0.05, 0.1) is 25.1 Å². The highest BCUT2D eigenvalue weighted by Gasteiger charge is 2.20. The molecule has 0 atom stereocenters. The molecule has 1 fully saturated rings. The van der Waals surface area contributed by atoms with Crippen molar-refractivity contribution in [2.45, 2.75) is 32.0 Å². The molecule has 0 amide bonds. The first-order valence-electron chi connectivity index (χ1n) is 8.89. The lowest BCUT2D eigenvalue weighted by molar-refractivity contribution is 0.0360. The molecule has 0 bridgehead atoms. The second kappa shape index (κ2) is 7.30. The van der Waals surface area contributed by atoms with Gasteiger partial charge in [-0.2, -0.15) is 0 Å². The van der Waals surface area contributed by atoms with Crippen LogP contribution in [0.1, 0.15) is 17.4 Å². The summed E-state index contributed by atoms with van der Waals surface area (Å²) in [6, 6.07) is 0. The Balaban J connectivity index is 1.80. The zero-order chi connectivity index (χ0) is 18.3. The van der Waals surface area contributed by atoms with E-state index in [-0.39, 0.29) is 5.56 Å². The van der Waals surface area contributed by atoms with Crippen LogP contribution in [-0.4, -0.2) is 63.2 Å². The number of nitrogens with zero attached hydrogens (tertiary/aromatic N) is 5. The summed E-state index contributed by atoms with van der Waals surface area (Å²) in [7, 11) is 0. The van der Waals surface area contributed by atoms with E-state index in [0.717, 1.165) is 55.0 Å². The van der Waals surface area contributed by atoms with Crippen LogP contribution in [0.25, 0.3) is 16.0 Å². The summed E-state index contributed by atoms with van der Waals surface area (Å²) in [6.45, 7) is 9.20. The van der Waals surface area contributed by atoms with Crippen molar-refractivity contribution in [1.82, 2.24) is 24.1 Å². The predicted molar refractivity (Wildman–Crippen MR) is 106 cm³/mol. The van der Waals surface area contributed by atoms with Gasteiger partial charge in [0.1, 0.15) is 4.83 Å². The first-order valence-corrected chi connectivity index (χ1v) is 10.9. The summed E-state index contributed by atoms with van der Waals surface area (Å²) in [5.41, 5.74) is 1.12. The summed E-state index contributed by atoms with van der Waals surface area (Å²) in [5, 5.41) is 6.12. The Morgan fingerprint density at radius 2 is 2.04 bits per heavy atom. The molecule has 9 heteroatoms. The molecule has 4 rings (SSSR count). The zero-order valence-electron chi connectivity index (χ0n) is 15.3. The normalized spacial score (nSPS) is 16.1. The Kier molecular flexibility index (Phi) is 5.05. The fraction of sp³-hybridized carbons (Fsp3) is 0.588. The van der Waals surface area contributed by atoms with Crippen LogP contribution in [-0.2, 0) is 17.7 Å². The maximum absolute atomic E-state index is 13.2. The number of aryl methyl sites for hydroxylation is 2. The van der Waals surface area contributed by atoms with Crippen molar-refractivity contribution < 1.29 is 4.74 Å². The van der Waals surface area contributed by atoms with E-state index in [9.17, 15) is 4.79 Å². The van der Waals surface area contributed by atoms with Crippen LogP contribution in [0.4, 0.5) is 0 Å². The molecule has 0 N–H and O–H groups in total. The monoisotopic (exact) mass is 393 g/mol. The van der Waals surface area contributed by atoms with E-state index >= 15 is 0 Å². The third kappa shape index (κ3) is 2.96. The highest BCUT2D eigenvalue weighted by molar-refractivity contribution is 7.98. The summed E-state index contributed by atoms with van der Waals surface area (Å²) in [4.78, 5) is 22.4. The van der Waals surface area contributed by atoms with Crippen LogP contribution in [0.15, 0.2) is 9.95 Å². The van der Waals surface area contributed by atoms with E-state index in [1.54, 1.807) is 15.7 Å². The molecule has 7 nitrogen and oxygen atoms in total. The second-order valence-electron chi connectivity index (χ2n) is 6.39. The van der Waals surface area contributed by atoms with Gasteiger partial charge in [-0.05, 0) is 25.2 Å². The van der Waals surface area contributed by atoms with Gasteiger partial charge in [-0.15, -0.1) is 16.4 Å². The first kappa shape index (κ1) is 18.0. The van der Waals surface area contributed by atoms with Gasteiger partial charge >= 0.3 is 0 Å². The number of morpholine rings is 1. The van der Waals surface area contributed by atoms with Crippen molar-refractivity contribution in [2.75, 3.05) is 39.1 Å². The SMILES string of the molecule is CCc1c(C)sc2nc3n(CCN4CCOCC4)nc(SC)n3c(=O)c12. The van der Waals surface area contributed by atoms with E-state index in [0.29, 0.717) is 17.5 Å². The van der Waals surface area contributed by atoms with E-state index in [2.05, 4.69) is 23.8 Å². The highest BCUT2D eigenvalue weighted by Crippen LogP contribution is 2.28. The molecule has 140 valence electrons. The molecular weight excluding hydrogens is 370 g/mol. The van der Waals surface area contributed by atoms with Gasteiger partial charge in [0.25, 0.3) is 5.56 Å². The summed E-state index contributed by atoms with van der Waals surface area (Å²) in [5.74, 6) is 0.643. The van der Waals surface area contributed by atoms with E-state index in [1.807, 2.05) is 10.9 Å². The van der Waals surface area contributed by atoms with Gasteiger partial charge in [-0.25, -0.2) is 14.1 Å². The van der Waals surface area contributed by atoms with Gasteiger partial charge in [0, 0.05) is 24.5 Å². The zero-order valence-corrected chi connectivity index (χ0v) is 17.0. The number of rotatable bonds is 5. The first-order chi connectivity index (χ1) is 12.6. The van der Waals surface area contributed by atoms with E-state index < -0.39 is 0 Å².